The summed E-state index contributed by atoms with van der Waals surface area (Å²) in [7, 11) is 0. The van der Waals surface area contributed by atoms with Crippen molar-refractivity contribution in [3.05, 3.63) is 40.8 Å². The summed E-state index contributed by atoms with van der Waals surface area (Å²) < 4.78 is 60.0. The second-order valence-corrected chi connectivity index (χ2v) is 6.44. The number of nitrogen functional groups attached to an aromatic ring is 1. The van der Waals surface area contributed by atoms with Gasteiger partial charge in [0.15, 0.2) is 0 Å². The van der Waals surface area contributed by atoms with Crippen molar-refractivity contribution in [2.24, 2.45) is 11.7 Å². The monoisotopic (exact) mass is 373 g/mol. The molecule has 2 rings (SSSR count). The number of benzene rings is 1. The average molecular weight is 373 g/mol. The molecule has 0 radical (unpaired) electrons. The molecule has 1 aromatic carbocycles. The molecule has 2 atom stereocenters. The van der Waals surface area contributed by atoms with Gasteiger partial charge in [-0.15, -0.1) is 0 Å². The number of hydrogen-bond acceptors (Lipinski definition) is 4. The number of nitrogens with two attached hydrogens (primary N) is 2. The molecule has 0 spiro atoms. The van der Waals surface area contributed by atoms with Gasteiger partial charge in [0.2, 0.25) is 0 Å². The Bertz CT molecular complexity index is 730. The van der Waals surface area contributed by atoms with Crippen molar-refractivity contribution in [2.75, 3.05) is 12.3 Å². The molecule has 0 aliphatic heterocycles. The van der Waals surface area contributed by atoms with E-state index in [4.69, 9.17) is 21.6 Å². The van der Waals surface area contributed by atoms with Gasteiger partial charge in [0, 0.05) is 23.4 Å². The summed E-state index contributed by atoms with van der Waals surface area (Å²) in [5.41, 5.74) is 7.97. The molecule has 26 heavy (non-hydrogen) atoms. The van der Waals surface area contributed by atoms with Crippen LogP contribution in [0, 0.1) is 17.1 Å². The van der Waals surface area contributed by atoms with Crippen molar-refractivity contribution in [1.82, 2.24) is 0 Å². The predicted octanol–water partition coefficient (Wildman–Crippen LogP) is 4.23. The number of nitrogens with one attached hydrogen (secondary N) is 1. The summed E-state index contributed by atoms with van der Waals surface area (Å²) >= 11 is 0. The lowest BCUT2D eigenvalue weighted by atomic mass is 9.67. The van der Waals surface area contributed by atoms with Crippen LogP contribution in [0.4, 0.5) is 23.2 Å². The van der Waals surface area contributed by atoms with Crippen LogP contribution in [0.15, 0.2) is 23.9 Å². The minimum absolute atomic E-state index is 0.0944. The maximum Gasteiger partial charge on any atom is 0.433 e. The van der Waals surface area contributed by atoms with Crippen molar-refractivity contribution in [1.29, 1.82) is 5.41 Å². The fraction of sp³-hybridized carbons (Fsp3) is 0.500. The summed E-state index contributed by atoms with van der Waals surface area (Å²) in [5, 5.41) is 7.63. The number of halogens is 4. The van der Waals surface area contributed by atoms with Gasteiger partial charge in [0.1, 0.15) is 17.1 Å². The zero-order valence-corrected chi connectivity index (χ0v) is 14.7. The number of anilines is 1. The van der Waals surface area contributed by atoms with E-state index in [0.29, 0.717) is 18.4 Å². The standard InChI is InChI=1S/C18H23F4N3O/c1-3-26-17(10(2)5-4-6-11(17)9-23)13-7-12(19)8-14(24)15(13)16(25)18(20,21)22/h7-10,25H,3-6,23-24H2,1-2H3/b11-9+,25-16?. The van der Waals surface area contributed by atoms with Gasteiger partial charge in [0.25, 0.3) is 0 Å². The predicted molar refractivity (Wildman–Crippen MR) is 92.3 cm³/mol. The molecule has 0 bridgehead atoms. The molecule has 2 unspecified atom stereocenters. The van der Waals surface area contributed by atoms with E-state index in [1.807, 2.05) is 6.92 Å². The SMILES string of the molecule is CCOC1(c2cc(F)cc(N)c2C(=N)C(F)(F)F)/C(=C/N)CCCC1C. The number of ether oxygens (including phenoxy) is 1. The molecule has 0 amide bonds. The molecule has 0 heterocycles. The van der Waals surface area contributed by atoms with Crippen molar-refractivity contribution in [2.45, 2.75) is 44.9 Å². The summed E-state index contributed by atoms with van der Waals surface area (Å²) in [6, 6.07) is 1.77. The van der Waals surface area contributed by atoms with Gasteiger partial charge >= 0.3 is 6.18 Å². The molecular weight excluding hydrogens is 350 g/mol. The Balaban J connectivity index is 2.87. The maximum absolute atomic E-state index is 14.2. The fourth-order valence-corrected chi connectivity index (χ4v) is 3.83. The second kappa shape index (κ2) is 7.26. The van der Waals surface area contributed by atoms with Gasteiger partial charge in [-0.2, -0.15) is 13.2 Å². The van der Waals surface area contributed by atoms with Crippen molar-refractivity contribution >= 4 is 11.4 Å². The van der Waals surface area contributed by atoms with E-state index in [0.717, 1.165) is 18.6 Å². The first kappa shape index (κ1) is 20.2. The summed E-state index contributed by atoms with van der Waals surface area (Å²) in [6.45, 7) is 3.70. The van der Waals surface area contributed by atoms with Crippen LogP contribution in [0.3, 0.4) is 0 Å². The summed E-state index contributed by atoms with van der Waals surface area (Å²) in [4.78, 5) is 0. The highest BCUT2D eigenvalue weighted by Crippen LogP contribution is 2.50. The van der Waals surface area contributed by atoms with Crippen molar-refractivity contribution in [3.63, 3.8) is 0 Å². The molecule has 0 aromatic heterocycles. The van der Waals surface area contributed by atoms with Crippen molar-refractivity contribution < 1.29 is 22.3 Å². The van der Waals surface area contributed by atoms with E-state index >= 15 is 0 Å². The molecule has 1 saturated carbocycles. The molecule has 4 nitrogen and oxygen atoms in total. The first-order valence-electron chi connectivity index (χ1n) is 8.40. The number of alkyl halides is 3. The molecule has 0 saturated heterocycles. The van der Waals surface area contributed by atoms with Crippen LogP contribution in [-0.4, -0.2) is 18.5 Å². The average Bonchev–Trinajstić information content (AvgIpc) is 2.54. The molecule has 1 aromatic rings. The summed E-state index contributed by atoms with van der Waals surface area (Å²) in [5.74, 6) is -1.06. The Morgan fingerprint density at radius 2 is 2.08 bits per heavy atom. The maximum atomic E-state index is 14.2. The van der Waals surface area contributed by atoms with Gasteiger partial charge in [-0.05, 0) is 56.0 Å². The lowest BCUT2D eigenvalue weighted by Gasteiger charge is -2.45. The zero-order chi connectivity index (χ0) is 19.7. The third-order valence-corrected chi connectivity index (χ3v) is 4.89. The van der Waals surface area contributed by atoms with E-state index in [9.17, 15) is 17.6 Å². The zero-order valence-electron chi connectivity index (χ0n) is 14.7. The molecule has 1 fully saturated rings. The molecule has 1 aliphatic carbocycles. The normalized spacial score (nSPS) is 25.5. The summed E-state index contributed by atoms with van der Waals surface area (Å²) in [6.07, 6.45) is -1.66. The Morgan fingerprint density at radius 1 is 1.42 bits per heavy atom. The lowest BCUT2D eigenvalue weighted by Crippen LogP contribution is -2.44. The lowest BCUT2D eigenvalue weighted by molar-refractivity contribution is -0.0703. The van der Waals surface area contributed by atoms with Crippen LogP contribution in [0.25, 0.3) is 0 Å². The van der Waals surface area contributed by atoms with Crippen LogP contribution >= 0.6 is 0 Å². The Labute approximate surface area is 149 Å². The highest BCUT2D eigenvalue weighted by atomic mass is 19.4. The van der Waals surface area contributed by atoms with E-state index in [1.165, 1.54) is 6.20 Å². The number of hydrogen-bond donors (Lipinski definition) is 3. The van der Waals surface area contributed by atoms with E-state index in [2.05, 4.69) is 0 Å². The smallest absolute Gasteiger partial charge is 0.405 e. The third-order valence-electron chi connectivity index (χ3n) is 4.89. The van der Waals surface area contributed by atoms with Crippen LogP contribution < -0.4 is 11.5 Å². The highest BCUT2D eigenvalue weighted by molar-refractivity contribution is 6.07. The Hall–Kier alpha value is -2.09. The van der Waals surface area contributed by atoms with E-state index in [1.54, 1.807) is 6.92 Å². The van der Waals surface area contributed by atoms with Gasteiger partial charge < -0.3 is 16.2 Å². The largest absolute Gasteiger partial charge is 0.433 e. The minimum atomic E-state index is -4.93. The van der Waals surface area contributed by atoms with Gasteiger partial charge in [-0.25, -0.2) is 4.39 Å². The van der Waals surface area contributed by atoms with Crippen LogP contribution in [0.5, 0.6) is 0 Å². The van der Waals surface area contributed by atoms with Gasteiger partial charge in [-0.1, -0.05) is 6.92 Å². The molecule has 8 heteroatoms. The Morgan fingerprint density at radius 3 is 2.62 bits per heavy atom. The minimum Gasteiger partial charge on any atom is -0.405 e. The van der Waals surface area contributed by atoms with Crippen LogP contribution in [0.1, 0.15) is 44.2 Å². The third kappa shape index (κ3) is 3.30. The Kier molecular flexibility index (Phi) is 5.65. The van der Waals surface area contributed by atoms with Gasteiger partial charge in [-0.3, -0.25) is 5.41 Å². The quantitative estimate of drug-likeness (QED) is 0.419. The molecule has 5 N–H and O–H groups in total. The molecule has 144 valence electrons. The van der Waals surface area contributed by atoms with E-state index in [-0.39, 0.29) is 18.1 Å². The molecule has 1 aliphatic rings. The highest BCUT2D eigenvalue weighted by Gasteiger charge is 2.49. The van der Waals surface area contributed by atoms with E-state index < -0.39 is 34.6 Å². The first-order chi connectivity index (χ1) is 12.1. The van der Waals surface area contributed by atoms with Crippen LogP contribution in [0.2, 0.25) is 0 Å². The fourth-order valence-electron chi connectivity index (χ4n) is 3.83. The first-order valence-corrected chi connectivity index (χ1v) is 8.40. The molecular formula is C18H23F4N3O. The van der Waals surface area contributed by atoms with Crippen LogP contribution in [-0.2, 0) is 10.3 Å². The van der Waals surface area contributed by atoms with Crippen molar-refractivity contribution in [3.8, 4) is 0 Å². The van der Waals surface area contributed by atoms with Gasteiger partial charge in [0.05, 0.1) is 0 Å². The number of rotatable bonds is 4. The topological polar surface area (TPSA) is 85.1 Å². The second-order valence-electron chi connectivity index (χ2n) is 6.44.